The molecule has 0 saturated heterocycles. The molecule has 0 fully saturated rings. The van der Waals surface area contributed by atoms with Gasteiger partial charge in [0.2, 0.25) is 0 Å². The highest BCUT2D eigenvalue weighted by atomic mass is 35.6. The predicted octanol–water partition coefficient (Wildman–Crippen LogP) is 3.26. The molecular weight excluding hydrogens is 218 g/mol. The topological polar surface area (TPSA) is 0 Å². The number of alkyl halides is 7. The van der Waals surface area contributed by atoms with Crippen LogP contribution in [0.25, 0.3) is 0 Å². The number of halogens is 7. The number of hydrogen-bond donors (Lipinski definition) is 0. The van der Waals surface area contributed by atoms with Crippen LogP contribution in [0.5, 0.6) is 0 Å². The Morgan fingerprint density at radius 1 is 1.00 bits per heavy atom. The lowest BCUT2D eigenvalue weighted by atomic mass is 10.4. The first-order valence-corrected chi connectivity index (χ1v) is 3.05. The molecule has 62 valence electrons. The Labute approximate surface area is 69.0 Å². The first kappa shape index (κ1) is 10.6. The second kappa shape index (κ2) is 2.91. The van der Waals surface area contributed by atoms with Crippen LogP contribution < -0.4 is 0 Å². The zero-order chi connectivity index (χ0) is 8.58. The van der Waals surface area contributed by atoms with Crippen molar-refractivity contribution in [2.45, 2.75) is 16.1 Å². The molecule has 7 heteroatoms. The summed E-state index contributed by atoms with van der Waals surface area (Å²) in [6, 6.07) is 0. The van der Waals surface area contributed by atoms with Crippen molar-refractivity contribution >= 4 is 34.8 Å². The first-order chi connectivity index (χ1) is 4.19. The average Bonchev–Trinajstić information content (AvgIpc) is 1.62. The summed E-state index contributed by atoms with van der Waals surface area (Å²) in [6.07, 6.45) is -3.97. The molecule has 0 atom stereocenters. The molecule has 0 spiro atoms. The molecule has 0 aromatic rings. The summed E-state index contributed by atoms with van der Waals surface area (Å²) in [5.41, 5.74) is 0. The lowest BCUT2D eigenvalue weighted by Crippen LogP contribution is -2.40. The van der Waals surface area contributed by atoms with Crippen LogP contribution in [-0.2, 0) is 0 Å². The second-order valence-electron chi connectivity index (χ2n) is 1.42. The maximum absolute atomic E-state index is 11.9. The normalized spacial score (nSPS) is 14.4. The van der Waals surface area contributed by atoms with Gasteiger partial charge in [-0.05, 0) is 0 Å². The zero-order valence-electron chi connectivity index (χ0n) is 4.22. The molecule has 0 aliphatic carbocycles. The molecule has 0 amide bonds. The van der Waals surface area contributed by atoms with Gasteiger partial charge in [-0.3, -0.25) is 0 Å². The summed E-state index contributed by atoms with van der Waals surface area (Å²) in [7, 11) is 0. The highest BCUT2D eigenvalue weighted by Gasteiger charge is 2.58. The van der Waals surface area contributed by atoms with E-state index >= 15 is 0 Å². The average molecular weight is 219 g/mol. The fourth-order valence-corrected chi connectivity index (χ4v) is 0.371. The number of rotatable bonds is 1. The van der Waals surface area contributed by atoms with Crippen LogP contribution in [0.2, 0.25) is 0 Å². The standard InChI is InChI=1S/C3HCl3F4/c4-3(5,6)2(9,10)1(7)8/h1H. The lowest BCUT2D eigenvalue weighted by molar-refractivity contribution is -0.124. The SMILES string of the molecule is FC(F)C(F)(F)C(Cl)(Cl)Cl. The van der Waals surface area contributed by atoms with Gasteiger partial charge >= 0.3 is 12.3 Å². The van der Waals surface area contributed by atoms with Crippen molar-refractivity contribution in [1.82, 2.24) is 0 Å². The quantitative estimate of drug-likeness (QED) is 0.469. The van der Waals surface area contributed by atoms with Gasteiger partial charge in [-0.25, -0.2) is 8.78 Å². The van der Waals surface area contributed by atoms with Gasteiger partial charge in [0.05, 0.1) is 0 Å². The van der Waals surface area contributed by atoms with Gasteiger partial charge in [0.15, 0.2) is 0 Å². The van der Waals surface area contributed by atoms with E-state index in [4.69, 9.17) is 0 Å². The zero-order valence-corrected chi connectivity index (χ0v) is 6.49. The van der Waals surface area contributed by atoms with Crippen LogP contribution in [0.1, 0.15) is 0 Å². The Morgan fingerprint density at radius 3 is 1.30 bits per heavy atom. The monoisotopic (exact) mass is 218 g/mol. The molecule has 0 saturated carbocycles. The Hall–Kier alpha value is 0.590. The molecular formula is C3HCl3F4. The molecule has 0 unspecified atom stereocenters. The third-order valence-corrected chi connectivity index (χ3v) is 1.41. The van der Waals surface area contributed by atoms with Crippen LogP contribution in [-0.4, -0.2) is 16.1 Å². The summed E-state index contributed by atoms with van der Waals surface area (Å²) >= 11 is 13.6. The third kappa shape index (κ3) is 2.04. The van der Waals surface area contributed by atoms with E-state index in [-0.39, 0.29) is 0 Å². The molecule has 0 aromatic carbocycles. The van der Waals surface area contributed by atoms with Crippen molar-refractivity contribution in [3.05, 3.63) is 0 Å². The smallest absolute Gasteiger partial charge is 0.203 e. The van der Waals surface area contributed by atoms with Crippen molar-refractivity contribution in [2.75, 3.05) is 0 Å². The van der Waals surface area contributed by atoms with Crippen molar-refractivity contribution in [1.29, 1.82) is 0 Å². The van der Waals surface area contributed by atoms with Crippen molar-refractivity contribution in [3.8, 4) is 0 Å². The minimum atomic E-state index is -4.60. The van der Waals surface area contributed by atoms with E-state index in [2.05, 4.69) is 34.8 Å². The molecule has 0 bridgehead atoms. The van der Waals surface area contributed by atoms with E-state index in [1.54, 1.807) is 0 Å². The van der Waals surface area contributed by atoms with Gasteiger partial charge in [0.1, 0.15) is 0 Å². The van der Waals surface area contributed by atoms with E-state index in [9.17, 15) is 17.6 Å². The first-order valence-electron chi connectivity index (χ1n) is 1.92. The Bertz CT molecular complexity index is 117. The Balaban J connectivity index is 4.40. The molecule has 0 aromatic heterocycles. The molecule has 0 heterocycles. The molecule has 0 radical (unpaired) electrons. The van der Waals surface area contributed by atoms with Crippen molar-refractivity contribution < 1.29 is 17.6 Å². The van der Waals surface area contributed by atoms with E-state index in [0.717, 1.165) is 0 Å². The van der Waals surface area contributed by atoms with Gasteiger partial charge in [-0.2, -0.15) is 8.78 Å². The molecule has 0 aliphatic heterocycles. The van der Waals surface area contributed by atoms with Crippen LogP contribution in [0, 0.1) is 0 Å². The number of hydrogen-bond acceptors (Lipinski definition) is 0. The second-order valence-corrected chi connectivity index (χ2v) is 3.70. The third-order valence-electron chi connectivity index (χ3n) is 0.652. The largest absolute Gasteiger partial charge is 0.353 e. The summed E-state index contributed by atoms with van der Waals surface area (Å²) in [6.45, 7) is 0. The Kier molecular flexibility index (Phi) is 3.08. The maximum atomic E-state index is 11.9. The minimum Gasteiger partial charge on any atom is -0.203 e. The van der Waals surface area contributed by atoms with E-state index in [1.165, 1.54) is 0 Å². The molecule has 0 aliphatic rings. The fraction of sp³-hybridized carbons (Fsp3) is 1.00. The van der Waals surface area contributed by atoms with E-state index < -0.39 is 16.1 Å². The van der Waals surface area contributed by atoms with Gasteiger partial charge in [-0.1, -0.05) is 34.8 Å². The molecule has 0 rings (SSSR count). The van der Waals surface area contributed by atoms with Crippen molar-refractivity contribution in [3.63, 3.8) is 0 Å². The lowest BCUT2D eigenvalue weighted by Gasteiger charge is -2.22. The van der Waals surface area contributed by atoms with Gasteiger partial charge < -0.3 is 0 Å². The fourth-order valence-electron chi connectivity index (χ4n) is 0.124. The Morgan fingerprint density at radius 2 is 1.30 bits per heavy atom. The van der Waals surface area contributed by atoms with E-state index in [0.29, 0.717) is 0 Å². The highest BCUT2D eigenvalue weighted by Crippen LogP contribution is 2.45. The maximum Gasteiger partial charge on any atom is 0.353 e. The molecule has 10 heavy (non-hydrogen) atoms. The van der Waals surface area contributed by atoms with Gasteiger partial charge in [0, 0.05) is 0 Å². The highest BCUT2D eigenvalue weighted by molar-refractivity contribution is 6.68. The van der Waals surface area contributed by atoms with Crippen LogP contribution in [0.15, 0.2) is 0 Å². The molecule has 0 N–H and O–H groups in total. The van der Waals surface area contributed by atoms with Crippen molar-refractivity contribution in [2.24, 2.45) is 0 Å². The summed E-state index contributed by atoms with van der Waals surface area (Å²) < 4.78 is 43.2. The van der Waals surface area contributed by atoms with Crippen LogP contribution in [0.3, 0.4) is 0 Å². The summed E-state index contributed by atoms with van der Waals surface area (Å²) in [5.74, 6) is -4.60. The molecule has 0 nitrogen and oxygen atoms in total. The summed E-state index contributed by atoms with van der Waals surface area (Å²) in [4.78, 5) is 0. The predicted molar refractivity (Wildman–Crippen MR) is 31.2 cm³/mol. The van der Waals surface area contributed by atoms with Crippen LogP contribution in [0.4, 0.5) is 17.6 Å². The van der Waals surface area contributed by atoms with Gasteiger partial charge in [-0.15, -0.1) is 0 Å². The van der Waals surface area contributed by atoms with E-state index in [1.807, 2.05) is 0 Å². The minimum absolute atomic E-state index is 3.25. The van der Waals surface area contributed by atoms with Gasteiger partial charge in [0.25, 0.3) is 3.79 Å². The van der Waals surface area contributed by atoms with Crippen LogP contribution >= 0.6 is 34.8 Å². The summed E-state index contributed by atoms with van der Waals surface area (Å²) in [5, 5.41) is 0.